The fourth-order valence-corrected chi connectivity index (χ4v) is 3.42. The molecular formula is C18H20FN3O3. The van der Waals surface area contributed by atoms with Crippen LogP contribution in [0.4, 0.5) is 4.39 Å². The van der Waals surface area contributed by atoms with Crippen LogP contribution in [0.3, 0.4) is 0 Å². The summed E-state index contributed by atoms with van der Waals surface area (Å²) in [6, 6.07) is 5.83. The molecule has 1 fully saturated rings. The second-order valence-electron chi connectivity index (χ2n) is 6.30. The number of piperidine rings is 1. The number of carbonyl (C=O) groups excluding carboxylic acids is 1. The molecule has 132 valence electrons. The SMILES string of the molecule is Cn1cc(C2C(C(=O)O)CCC(=O)N2CCc2ccccc2F)cn1. The highest BCUT2D eigenvalue weighted by molar-refractivity contribution is 5.81. The van der Waals surface area contributed by atoms with E-state index in [1.165, 1.54) is 6.07 Å². The van der Waals surface area contributed by atoms with Gasteiger partial charge in [0.25, 0.3) is 0 Å². The second kappa shape index (κ2) is 7.04. The molecule has 7 heteroatoms. The van der Waals surface area contributed by atoms with Crippen molar-refractivity contribution in [1.29, 1.82) is 0 Å². The van der Waals surface area contributed by atoms with Gasteiger partial charge in [-0.15, -0.1) is 0 Å². The number of aliphatic carboxylic acids is 1. The molecule has 0 saturated carbocycles. The van der Waals surface area contributed by atoms with E-state index in [4.69, 9.17) is 0 Å². The lowest BCUT2D eigenvalue weighted by Crippen LogP contribution is -2.46. The van der Waals surface area contributed by atoms with Crippen LogP contribution in [-0.2, 0) is 23.1 Å². The topological polar surface area (TPSA) is 75.4 Å². The molecule has 0 aliphatic carbocycles. The van der Waals surface area contributed by atoms with Crippen molar-refractivity contribution in [3.63, 3.8) is 0 Å². The first kappa shape index (κ1) is 17.1. The average molecular weight is 345 g/mol. The molecule has 3 rings (SSSR count). The van der Waals surface area contributed by atoms with E-state index in [0.717, 1.165) is 0 Å². The Morgan fingerprint density at radius 3 is 2.80 bits per heavy atom. The van der Waals surface area contributed by atoms with Crippen molar-refractivity contribution in [2.24, 2.45) is 13.0 Å². The van der Waals surface area contributed by atoms with Crippen LogP contribution in [0.5, 0.6) is 0 Å². The number of carboxylic acids is 1. The number of rotatable bonds is 5. The lowest BCUT2D eigenvalue weighted by molar-refractivity contribution is -0.152. The number of nitrogens with zero attached hydrogens (tertiary/aromatic N) is 3. The quantitative estimate of drug-likeness (QED) is 0.901. The van der Waals surface area contributed by atoms with Crippen molar-refractivity contribution in [3.8, 4) is 0 Å². The Kier molecular flexibility index (Phi) is 4.83. The maximum Gasteiger partial charge on any atom is 0.308 e. The van der Waals surface area contributed by atoms with Crippen LogP contribution in [0.25, 0.3) is 0 Å². The molecule has 1 aliphatic rings. The Morgan fingerprint density at radius 2 is 2.16 bits per heavy atom. The molecule has 0 radical (unpaired) electrons. The van der Waals surface area contributed by atoms with Crippen LogP contribution >= 0.6 is 0 Å². The van der Waals surface area contributed by atoms with Crippen molar-refractivity contribution in [3.05, 3.63) is 53.6 Å². The third-order valence-electron chi connectivity index (χ3n) is 4.67. The van der Waals surface area contributed by atoms with Gasteiger partial charge in [0.1, 0.15) is 5.82 Å². The monoisotopic (exact) mass is 345 g/mol. The normalized spacial score (nSPS) is 20.7. The van der Waals surface area contributed by atoms with E-state index in [9.17, 15) is 19.1 Å². The number of carbonyl (C=O) groups is 2. The summed E-state index contributed by atoms with van der Waals surface area (Å²) in [7, 11) is 1.74. The van der Waals surface area contributed by atoms with E-state index in [1.807, 2.05) is 0 Å². The van der Waals surface area contributed by atoms with Gasteiger partial charge in [-0.05, 0) is 24.5 Å². The van der Waals surface area contributed by atoms with Crippen molar-refractivity contribution < 1.29 is 19.1 Å². The number of aromatic nitrogens is 2. The van der Waals surface area contributed by atoms with E-state index in [1.54, 1.807) is 47.2 Å². The number of benzene rings is 1. The molecule has 1 amide bonds. The molecule has 1 aromatic heterocycles. The Bertz CT molecular complexity index is 789. The Hall–Kier alpha value is -2.70. The molecule has 2 unspecified atom stereocenters. The molecule has 25 heavy (non-hydrogen) atoms. The highest BCUT2D eigenvalue weighted by Gasteiger charge is 2.41. The Balaban J connectivity index is 1.88. The van der Waals surface area contributed by atoms with Gasteiger partial charge >= 0.3 is 5.97 Å². The summed E-state index contributed by atoms with van der Waals surface area (Å²) in [5, 5.41) is 13.7. The van der Waals surface area contributed by atoms with E-state index in [-0.39, 0.29) is 24.7 Å². The van der Waals surface area contributed by atoms with Gasteiger partial charge in [-0.1, -0.05) is 18.2 Å². The number of amides is 1. The number of hydrogen-bond donors (Lipinski definition) is 1. The number of likely N-dealkylation sites (tertiary alicyclic amines) is 1. The first-order valence-corrected chi connectivity index (χ1v) is 8.21. The first-order chi connectivity index (χ1) is 12.0. The number of carboxylic acid groups (broad SMARTS) is 1. The zero-order valence-electron chi connectivity index (χ0n) is 13.9. The molecule has 6 nitrogen and oxygen atoms in total. The fraction of sp³-hybridized carbons (Fsp3) is 0.389. The van der Waals surface area contributed by atoms with Crippen LogP contribution in [0, 0.1) is 11.7 Å². The summed E-state index contributed by atoms with van der Waals surface area (Å²) >= 11 is 0. The van der Waals surface area contributed by atoms with Crippen molar-refractivity contribution in [1.82, 2.24) is 14.7 Å². The molecule has 1 N–H and O–H groups in total. The van der Waals surface area contributed by atoms with Crippen LogP contribution in [-0.4, -0.2) is 38.2 Å². The third kappa shape index (κ3) is 3.55. The average Bonchev–Trinajstić information content (AvgIpc) is 3.00. The summed E-state index contributed by atoms with van der Waals surface area (Å²) in [4.78, 5) is 25.7. The van der Waals surface area contributed by atoms with Crippen LogP contribution in [0.15, 0.2) is 36.7 Å². The van der Waals surface area contributed by atoms with Gasteiger partial charge in [0.15, 0.2) is 0 Å². The fourth-order valence-electron chi connectivity index (χ4n) is 3.42. The first-order valence-electron chi connectivity index (χ1n) is 8.21. The summed E-state index contributed by atoms with van der Waals surface area (Å²) < 4.78 is 15.4. The predicted molar refractivity (Wildman–Crippen MR) is 88.1 cm³/mol. The summed E-state index contributed by atoms with van der Waals surface area (Å²) in [6.45, 7) is 0.267. The third-order valence-corrected chi connectivity index (χ3v) is 4.67. The Labute approximate surface area is 144 Å². The lowest BCUT2D eigenvalue weighted by atomic mass is 9.85. The zero-order chi connectivity index (χ0) is 18.0. The van der Waals surface area contributed by atoms with Crippen LogP contribution < -0.4 is 0 Å². The van der Waals surface area contributed by atoms with Crippen molar-refractivity contribution in [2.75, 3.05) is 6.54 Å². The van der Waals surface area contributed by atoms with E-state index in [2.05, 4.69) is 5.10 Å². The maximum absolute atomic E-state index is 13.9. The number of halogens is 1. The van der Waals surface area contributed by atoms with Crippen molar-refractivity contribution >= 4 is 11.9 Å². The van der Waals surface area contributed by atoms with E-state index in [0.29, 0.717) is 24.0 Å². The smallest absolute Gasteiger partial charge is 0.308 e. The molecule has 2 heterocycles. The largest absolute Gasteiger partial charge is 0.481 e. The molecule has 1 aliphatic heterocycles. The minimum absolute atomic E-state index is 0.109. The second-order valence-corrected chi connectivity index (χ2v) is 6.30. The number of hydrogen-bond acceptors (Lipinski definition) is 3. The lowest BCUT2D eigenvalue weighted by Gasteiger charge is -2.39. The van der Waals surface area contributed by atoms with Crippen LogP contribution in [0.2, 0.25) is 0 Å². The van der Waals surface area contributed by atoms with E-state index < -0.39 is 17.9 Å². The van der Waals surface area contributed by atoms with Gasteiger partial charge in [0.2, 0.25) is 5.91 Å². The molecule has 0 bridgehead atoms. The van der Waals surface area contributed by atoms with E-state index >= 15 is 0 Å². The van der Waals surface area contributed by atoms with Gasteiger partial charge in [0.05, 0.1) is 18.2 Å². The minimum atomic E-state index is -0.933. The molecule has 2 aromatic rings. The summed E-state index contributed by atoms with van der Waals surface area (Å²) in [6.07, 6.45) is 4.14. The molecule has 1 saturated heterocycles. The number of aryl methyl sites for hydroxylation is 1. The van der Waals surface area contributed by atoms with Gasteiger partial charge in [-0.25, -0.2) is 4.39 Å². The van der Waals surface area contributed by atoms with Crippen molar-refractivity contribution in [2.45, 2.75) is 25.3 Å². The molecule has 2 atom stereocenters. The summed E-state index contributed by atoms with van der Waals surface area (Å²) in [5.41, 5.74) is 1.20. The molecule has 0 spiro atoms. The predicted octanol–water partition coefficient (Wildman–Crippen LogP) is 2.17. The van der Waals surface area contributed by atoms with Gasteiger partial charge in [0, 0.05) is 31.8 Å². The summed E-state index contributed by atoms with van der Waals surface area (Å²) in [5.74, 6) is -2.05. The highest BCUT2D eigenvalue weighted by Crippen LogP contribution is 2.36. The molecular weight excluding hydrogens is 325 g/mol. The standard InChI is InChI=1S/C18H20FN3O3/c1-21-11-13(10-20-21)17-14(18(24)25)6-7-16(23)22(17)9-8-12-4-2-3-5-15(12)19/h2-5,10-11,14,17H,6-9H2,1H3,(H,24,25). The van der Waals surface area contributed by atoms with Crippen LogP contribution in [0.1, 0.15) is 30.0 Å². The minimum Gasteiger partial charge on any atom is -0.481 e. The van der Waals surface area contributed by atoms with Gasteiger partial charge in [-0.3, -0.25) is 14.3 Å². The molecule has 1 aromatic carbocycles. The van der Waals surface area contributed by atoms with Gasteiger partial charge in [-0.2, -0.15) is 5.10 Å². The van der Waals surface area contributed by atoms with Gasteiger partial charge < -0.3 is 10.0 Å². The zero-order valence-corrected chi connectivity index (χ0v) is 13.9. The maximum atomic E-state index is 13.9. The Morgan fingerprint density at radius 1 is 1.40 bits per heavy atom. The highest BCUT2D eigenvalue weighted by atomic mass is 19.1.